The highest BCUT2D eigenvalue weighted by atomic mass is 32.2. The number of aliphatic hydroxyl groups is 2. The molecular formula is C16H16O2S2. The second kappa shape index (κ2) is 6.22. The Kier molecular flexibility index (Phi) is 4.36. The topological polar surface area (TPSA) is 40.5 Å². The SMILES string of the molecule is OCCc1ccc2c(c1CCO)Sc1ccccc1S2. The van der Waals surface area contributed by atoms with Crippen molar-refractivity contribution in [2.24, 2.45) is 0 Å². The molecular weight excluding hydrogens is 288 g/mol. The molecule has 0 atom stereocenters. The third-order valence-electron chi connectivity index (χ3n) is 3.35. The average Bonchev–Trinajstić information content (AvgIpc) is 2.48. The molecule has 1 aliphatic rings. The Morgan fingerprint density at radius 1 is 0.750 bits per heavy atom. The van der Waals surface area contributed by atoms with Gasteiger partial charge in [0.15, 0.2) is 0 Å². The van der Waals surface area contributed by atoms with Crippen molar-refractivity contribution < 1.29 is 10.2 Å². The Balaban J connectivity index is 2.06. The minimum atomic E-state index is 0.141. The molecule has 0 fully saturated rings. The fourth-order valence-electron chi connectivity index (χ4n) is 2.43. The van der Waals surface area contributed by atoms with E-state index in [1.165, 1.54) is 25.1 Å². The van der Waals surface area contributed by atoms with Gasteiger partial charge in [-0.05, 0) is 42.2 Å². The van der Waals surface area contributed by atoms with Gasteiger partial charge in [0.05, 0.1) is 0 Å². The normalized spacial score (nSPS) is 12.9. The van der Waals surface area contributed by atoms with Crippen LogP contribution in [0.25, 0.3) is 0 Å². The van der Waals surface area contributed by atoms with Crippen LogP contribution >= 0.6 is 23.5 Å². The molecule has 4 heteroatoms. The van der Waals surface area contributed by atoms with Gasteiger partial charge in [-0.15, -0.1) is 0 Å². The second-order valence-electron chi connectivity index (χ2n) is 4.63. The van der Waals surface area contributed by atoms with Crippen molar-refractivity contribution in [1.29, 1.82) is 0 Å². The highest BCUT2D eigenvalue weighted by molar-refractivity contribution is 8.05. The molecule has 2 nitrogen and oxygen atoms in total. The van der Waals surface area contributed by atoms with Crippen LogP contribution in [0.1, 0.15) is 11.1 Å². The summed E-state index contributed by atoms with van der Waals surface area (Å²) >= 11 is 3.56. The third kappa shape index (κ3) is 2.61. The summed E-state index contributed by atoms with van der Waals surface area (Å²) in [4.78, 5) is 5.05. The fourth-order valence-corrected chi connectivity index (χ4v) is 4.89. The molecule has 0 saturated heterocycles. The molecule has 104 valence electrons. The monoisotopic (exact) mass is 304 g/mol. The molecule has 0 bridgehead atoms. The number of rotatable bonds is 4. The second-order valence-corrected chi connectivity index (χ2v) is 6.76. The zero-order chi connectivity index (χ0) is 13.9. The fraction of sp³-hybridized carbons (Fsp3) is 0.250. The van der Waals surface area contributed by atoms with Crippen molar-refractivity contribution in [3.8, 4) is 0 Å². The van der Waals surface area contributed by atoms with E-state index in [1.807, 2.05) is 0 Å². The van der Waals surface area contributed by atoms with E-state index in [2.05, 4.69) is 36.4 Å². The lowest BCUT2D eigenvalue weighted by molar-refractivity contribution is 0.292. The maximum absolute atomic E-state index is 9.33. The average molecular weight is 304 g/mol. The Morgan fingerprint density at radius 3 is 2.15 bits per heavy atom. The van der Waals surface area contributed by atoms with Crippen molar-refractivity contribution in [3.63, 3.8) is 0 Å². The van der Waals surface area contributed by atoms with Crippen molar-refractivity contribution in [3.05, 3.63) is 47.5 Å². The maximum atomic E-state index is 9.33. The van der Waals surface area contributed by atoms with Gasteiger partial charge in [0.25, 0.3) is 0 Å². The molecule has 0 aromatic heterocycles. The molecule has 1 heterocycles. The van der Waals surface area contributed by atoms with Gasteiger partial charge < -0.3 is 10.2 Å². The molecule has 2 aromatic carbocycles. The lowest BCUT2D eigenvalue weighted by atomic mass is 10.0. The van der Waals surface area contributed by atoms with E-state index >= 15 is 0 Å². The van der Waals surface area contributed by atoms with Crippen LogP contribution in [0, 0.1) is 0 Å². The van der Waals surface area contributed by atoms with Crippen molar-refractivity contribution in [2.75, 3.05) is 13.2 Å². The van der Waals surface area contributed by atoms with Crippen LogP contribution < -0.4 is 0 Å². The summed E-state index contributed by atoms with van der Waals surface area (Å²) in [7, 11) is 0. The van der Waals surface area contributed by atoms with Gasteiger partial charge in [-0.1, -0.05) is 41.7 Å². The van der Waals surface area contributed by atoms with E-state index in [0.29, 0.717) is 12.8 Å². The van der Waals surface area contributed by atoms with Gasteiger partial charge in [-0.3, -0.25) is 0 Å². The van der Waals surface area contributed by atoms with E-state index in [9.17, 15) is 10.2 Å². The first-order valence-corrected chi connectivity index (χ1v) is 8.28. The van der Waals surface area contributed by atoms with Crippen LogP contribution in [0.5, 0.6) is 0 Å². The molecule has 2 N–H and O–H groups in total. The van der Waals surface area contributed by atoms with Crippen LogP contribution in [-0.2, 0) is 12.8 Å². The van der Waals surface area contributed by atoms with Crippen LogP contribution in [0.2, 0.25) is 0 Å². The standard InChI is InChI=1S/C16H16O2S2/c17-9-7-11-5-6-15-16(12(11)8-10-18)20-14-4-2-1-3-13(14)19-15/h1-6,17-18H,7-10H2. The van der Waals surface area contributed by atoms with E-state index in [4.69, 9.17) is 0 Å². The minimum Gasteiger partial charge on any atom is -0.396 e. The van der Waals surface area contributed by atoms with Crippen molar-refractivity contribution >= 4 is 23.5 Å². The summed E-state index contributed by atoms with van der Waals surface area (Å²) in [5, 5.41) is 18.5. The number of aliphatic hydroxyl groups excluding tert-OH is 2. The first-order chi connectivity index (χ1) is 9.83. The van der Waals surface area contributed by atoms with Crippen LogP contribution in [0.3, 0.4) is 0 Å². The number of hydrogen-bond acceptors (Lipinski definition) is 4. The summed E-state index contributed by atoms with van der Waals surface area (Å²) in [5.74, 6) is 0. The predicted octanol–water partition coefficient (Wildman–Crippen LogP) is 3.37. The van der Waals surface area contributed by atoms with Gasteiger partial charge in [0.2, 0.25) is 0 Å². The minimum absolute atomic E-state index is 0.141. The largest absolute Gasteiger partial charge is 0.396 e. The van der Waals surface area contributed by atoms with Crippen LogP contribution in [0.15, 0.2) is 56.0 Å². The number of hydrogen-bond donors (Lipinski definition) is 2. The molecule has 1 aliphatic heterocycles. The zero-order valence-corrected chi connectivity index (χ0v) is 12.6. The predicted molar refractivity (Wildman–Crippen MR) is 82.7 cm³/mol. The Bertz CT molecular complexity index is 626. The van der Waals surface area contributed by atoms with Crippen molar-refractivity contribution in [2.45, 2.75) is 32.4 Å². The Labute approximate surface area is 127 Å². The molecule has 0 spiro atoms. The van der Waals surface area contributed by atoms with Gasteiger partial charge in [-0.2, -0.15) is 0 Å². The maximum Gasteiger partial charge on any atom is 0.0471 e. The van der Waals surface area contributed by atoms with Gasteiger partial charge in [0.1, 0.15) is 0 Å². The molecule has 3 rings (SSSR count). The molecule has 0 radical (unpaired) electrons. The summed E-state index contributed by atoms with van der Waals surface area (Å²) in [6, 6.07) is 12.6. The van der Waals surface area contributed by atoms with E-state index in [1.54, 1.807) is 23.5 Å². The molecule has 2 aromatic rings. The first-order valence-electron chi connectivity index (χ1n) is 6.64. The van der Waals surface area contributed by atoms with Gasteiger partial charge >= 0.3 is 0 Å². The Hall–Kier alpha value is -0.940. The number of benzene rings is 2. The zero-order valence-electron chi connectivity index (χ0n) is 11.0. The molecule has 0 saturated carbocycles. The smallest absolute Gasteiger partial charge is 0.0471 e. The summed E-state index contributed by atoms with van der Waals surface area (Å²) in [5.41, 5.74) is 2.33. The van der Waals surface area contributed by atoms with E-state index < -0.39 is 0 Å². The van der Waals surface area contributed by atoms with Crippen LogP contribution in [-0.4, -0.2) is 23.4 Å². The van der Waals surface area contributed by atoms with E-state index in [-0.39, 0.29) is 13.2 Å². The quantitative estimate of drug-likeness (QED) is 0.775. The highest BCUT2D eigenvalue weighted by Crippen LogP contribution is 2.50. The molecule has 20 heavy (non-hydrogen) atoms. The lowest BCUT2D eigenvalue weighted by Crippen LogP contribution is -2.04. The Morgan fingerprint density at radius 2 is 1.45 bits per heavy atom. The van der Waals surface area contributed by atoms with E-state index in [0.717, 1.165) is 5.56 Å². The molecule has 0 amide bonds. The van der Waals surface area contributed by atoms with Gasteiger partial charge in [-0.25, -0.2) is 0 Å². The summed E-state index contributed by atoms with van der Waals surface area (Å²) < 4.78 is 0. The lowest BCUT2D eigenvalue weighted by Gasteiger charge is -2.22. The third-order valence-corrected chi connectivity index (χ3v) is 5.99. The van der Waals surface area contributed by atoms with Gasteiger partial charge in [0, 0.05) is 32.8 Å². The summed E-state index contributed by atoms with van der Waals surface area (Å²) in [6.45, 7) is 0.285. The first kappa shape index (κ1) is 14.0. The summed E-state index contributed by atoms with van der Waals surface area (Å²) in [6.07, 6.45) is 1.30. The van der Waals surface area contributed by atoms with Crippen molar-refractivity contribution in [1.82, 2.24) is 0 Å². The molecule has 0 aliphatic carbocycles. The van der Waals surface area contributed by atoms with Crippen LogP contribution in [0.4, 0.5) is 0 Å². The molecule has 0 unspecified atom stereocenters. The number of fused-ring (bicyclic) bond motifs is 2. The highest BCUT2D eigenvalue weighted by Gasteiger charge is 2.21.